The minimum absolute atomic E-state index is 0.00803. The summed E-state index contributed by atoms with van der Waals surface area (Å²) in [5, 5.41) is 2.25. The van der Waals surface area contributed by atoms with Crippen LogP contribution in [-0.4, -0.2) is 54.0 Å². The molecule has 1 saturated heterocycles. The van der Waals surface area contributed by atoms with Crippen molar-refractivity contribution in [1.82, 2.24) is 9.96 Å². The largest absolute Gasteiger partial charge is 0.378 e. The van der Waals surface area contributed by atoms with Gasteiger partial charge in [-0.3, -0.25) is 4.84 Å². The highest BCUT2D eigenvalue weighted by molar-refractivity contribution is 5.20. The number of ether oxygens (including phenoxy) is 1. The van der Waals surface area contributed by atoms with Crippen LogP contribution in [0.5, 0.6) is 0 Å². The zero-order valence-corrected chi connectivity index (χ0v) is 17.3. The average molecular weight is 353 g/mol. The summed E-state index contributed by atoms with van der Waals surface area (Å²) in [4.78, 5) is 8.80. The molecule has 0 unspecified atom stereocenters. The summed E-state index contributed by atoms with van der Waals surface area (Å²) in [5.41, 5.74) is 1.38. The minimum Gasteiger partial charge on any atom is -0.378 e. The number of hydroxylamine groups is 2. The lowest BCUT2D eigenvalue weighted by Gasteiger charge is -2.51. The molecule has 0 saturated carbocycles. The number of hydrogen-bond donors (Lipinski definition) is 0. The third-order valence-electron chi connectivity index (χ3n) is 5.34. The topological polar surface area (TPSA) is 24.9 Å². The zero-order chi connectivity index (χ0) is 18.3. The zero-order valence-electron chi connectivity index (χ0n) is 17.3. The summed E-state index contributed by atoms with van der Waals surface area (Å²) < 4.78 is 5.51. The van der Waals surface area contributed by atoms with Gasteiger partial charge in [-0.25, -0.2) is 0 Å². The van der Waals surface area contributed by atoms with E-state index in [4.69, 9.17) is 9.57 Å². The summed E-state index contributed by atoms with van der Waals surface area (Å²) in [6.45, 7) is 16.0. The van der Waals surface area contributed by atoms with Gasteiger partial charge in [-0.1, -0.05) is 39.0 Å². The van der Waals surface area contributed by atoms with Gasteiger partial charge in [0.25, 0.3) is 0 Å². The molecule has 0 aromatic rings. The lowest BCUT2D eigenvalue weighted by molar-refractivity contribution is -0.260. The molecule has 0 aliphatic carbocycles. The van der Waals surface area contributed by atoms with Crippen molar-refractivity contribution >= 4 is 0 Å². The van der Waals surface area contributed by atoms with Crippen LogP contribution in [0.25, 0.3) is 0 Å². The molecule has 4 heteroatoms. The van der Waals surface area contributed by atoms with Gasteiger partial charge in [0.2, 0.25) is 0 Å². The first-order valence-corrected chi connectivity index (χ1v) is 10.3. The van der Waals surface area contributed by atoms with Crippen LogP contribution in [0.1, 0.15) is 79.6 Å². The Labute approximate surface area is 155 Å². The number of nitrogens with zero attached hydrogens (tertiary/aromatic N) is 2. The van der Waals surface area contributed by atoms with Crippen LogP contribution in [-0.2, 0) is 9.57 Å². The van der Waals surface area contributed by atoms with Crippen LogP contribution in [0.15, 0.2) is 11.8 Å². The van der Waals surface area contributed by atoms with E-state index in [9.17, 15) is 0 Å². The number of unbranched alkanes of at least 4 members (excludes halogenated alkanes) is 5. The molecule has 0 radical (unpaired) electrons. The first kappa shape index (κ1) is 20.7. The normalized spacial score (nSPS) is 23.6. The fraction of sp³-hybridized carbons (Fsp3) is 0.905. The Balaban J connectivity index is 1.88. The second kappa shape index (κ2) is 9.38. The van der Waals surface area contributed by atoms with Crippen molar-refractivity contribution in [2.24, 2.45) is 0 Å². The Morgan fingerprint density at radius 3 is 2.28 bits per heavy atom. The van der Waals surface area contributed by atoms with E-state index in [1.807, 2.05) is 0 Å². The molecule has 0 aromatic heterocycles. The van der Waals surface area contributed by atoms with Crippen molar-refractivity contribution in [3.05, 3.63) is 11.8 Å². The van der Waals surface area contributed by atoms with E-state index in [0.29, 0.717) is 0 Å². The van der Waals surface area contributed by atoms with Gasteiger partial charge in [-0.05, 0) is 40.2 Å². The first-order chi connectivity index (χ1) is 11.9. The molecule has 0 N–H and O–H groups in total. The summed E-state index contributed by atoms with van der Waals surface area (Å²) in [5.74, 6) is 0. The molecule has 0 atom stereocenters. The van der Waals surface area contributed by atoms with Crippen LogP contribution < -0.4 is 0 Å². The highest BCUT2D eigenvalue weighted by Crippen LogP contribution is 2.38. The molecule has 2 aliphatic heterocycles. The smallest absolute Gasteiger partial charge is 0.0685 e. The molecule has 4 nitrogen and oxygen atoms in total. The number of rotatable bonds is 9. The van der Waals surface area contributed by atoms with Crippen LogP contribution >= 0.6 is 0 Å². The monoisotopic (exact) mass is 352 g/mol. The maximum atomic E-state index is 6.30. The Kier molecular flexibility index (Phi) is 7.78. The third kappa shape index (κ3) is 5.97. The van der Waals surface area contributed by atoms with E-state index < -0.39 is 0 Å². The molecule has 0 bridgehead atoms. The molecule has 2 heterocycles. The molecule has 2 rings (SSSR count). The highest BCUT2D eigenvalue weighted by Gasteiger charge is 2.43. The first-order valence-electron chi connectivity index (χ1n) is 10.3. The van der Waals surface area contributed by atoms with E-state index >= 15 is 0 Å². The summed E-state index contributed by atoms with van der Waals surface area (Å²) in [6, 6.07) is 0. The van der Waals surface area contributed by atoms with Crippen molar-refractivity contribution in [3.8, 4) is 0 Å². The predicted molar refractivity (Wildman–Crippen MR) is 104 cm³/mol. The Morgan fingerprint density at radius 1 is 1.00 bits per heavy atom. The fourth-order valence-electron chi connectivity index (χ4n) is 4.25. The molecule has 146 valence electrons. The second-order valence-corrected chi connectivity index (χ2v) is 8.77. The molecule has 1 fully saturated rings. The van der Waals surface area contributed by atoms with Gasteiger partial charge in [-0.2, -0.15) is 5.06 Å². The van der Waals surface area contributed by atoms with E-state index in [2.05, 4.69) is 50.7 Å². The van der Waals surface area contributed by atoms with Crippen molar-refractivity contribution in [2.75, 3.05) is 32.9 Å². The second-order valence-electron chi connectivity index (χ2n) is 8.77. The standard InChI is InChI=1S/C21H40N2O2/c1-6-7-8-9-10-11-14-25-23-20(2,3)17-19(18-21(23,4)5)22-12-15-24-16-13-22/h17H,6-16,18H2,1-5H3. The number of hydrogen-bond acceptors (Lipinski definition) is 4. The minimum atomic E-state index is -0.0857. The van der Waals surface area contributed by atoms with Gasteiger partial charge in [-0.15, -0.1) is 0 Å². The van der Waals surface area contributed by atoms with Crippen LogP contribution in [0.3, 0.4) is 0 Å². The van der Waals surface area contributed by atoms with Crippen LogP contribution in [0.4, 0.5) is 0 Å². The lowest BCUT2D eigenvalue weighted by Crippen LogP contribution is -2.58. The fourth-order valence-corrected chi connectivity index (χ4v) is 4.25. The average Bonchev–Trinajstić information content (AvgIpc) is 2.56. The van der Waals surface area contributed by atoms with Crippen molar-refractivity contribution in [2.45, 2.75) is 90.6 Å². The molecule has 0 amide bonds. The molecular formula is C21H40N2O2. The summed E-state index contributed by atoms with van der Waals surface area (Å²) in [7, 11) is 0. The van der Waals surface area contributed by atoms with E-state index in [0.717, 1.165) is 45.8 Å². The molecule has 2 aliphatic rings. The van der Waals surface area contributed by atoms with E-state index in [1.165, 1.54) is 37.8 Å². The molecule has 25 heavy (non-hydrogen) atoms. The third-order valence-corrected chi connectivity index (χ3v) is 5.34. The lowest BCUT2D eigenvalue weighted by atomic mass is 9.85. The molecular weight excluding hydrogens is 312 g/mol. The Morgan fingerprint density at radius 2 is 1.64 bits per heavy atom. The van der Waals surface area contributed by atoms with Gasteiger partial charge in [0, 0.05) is 30.7 Å². The van der Waals surface area contributed by atoms with E-state index in [1.54, 1.807) is 0 Å². The van der Waals surface area contributed by atoms with Crippen molar-refractivity contribution < 1.29 is 9.57 Å². The number of morpholine rings is 1. The van der Waals surface area contributed by atoms with Crippen LogP contribution in [0.2, 0.25) is 0 Å². The Bertz CT molecular complexity index is 426. The summed E-state index contributed by atoms with van der Waals surface area (Å²) in [6.07, 6.45) is 11.3. The van der Waals surface area contributed by atoms with Gasteiger partial charge in [0.15, 0.2) is 0 Å². The maximum absolute atomic E-state index is 6.30. The van der Waals surface area contributed by atoms with Gasteiger partial charge < -0.3 is 9.64 Å². The van der Waals surface area contributed by atoms with E-state index in [-0.39, 0.29) is 11.1 Å². The van der Waals surface area contributed by atoms with Crippen LogP contribution in [0, 0.1) is 0 Å². The highest BCUT2D eigenvalue weighted by atomic mass is 16.7. The van der Waals surface area contributed by atoms with Gasteiger partial charge in [0.1, 0.15) is 0 Å². The predicted octanol–water partition coefficient (Wildman–Crippen LogP) is 4.76. The van der Waals surface area contributed by atoms with Gasteiger partial charge >= 0.3 is 0 Å². The van der Waals surface area contributed by atoms with Crippen molar-refractivity contribution in [3.63, 3.8) is 0 Å². The van der Waals surface area contributed by atoms with Gasteiger partial charge in [0.05, 0.1) is 25.4 Å². The molecule has 0 spiro atoms. The summed E-state index contributed by atoms with van der Waals surface area (Å²) >= 11 is 0. The maximum Gasteiger partial charge on any atom is 0.0685 e. The quantitative estimate of drug-likeness (QED) is 0.559. The molecule has 0 aromatic carbocycles. The SMILES string of the molecule is CCCCCCCCON1C(C)(C)C=C(N2CCOCC2)CC1(C)C. The van der Waals surface area contributed by atoms with Crippen molar-refractivity contribution in [1.29, 1.82) is 0 Å². The Hall–Kier alpha value is -0.580.